The van der Waals surface area contributed by atoms with Crippen molar-refractivity contribution in [2.24, 2.45) is 0 Å². The standard InChI is InChI=1S/C9H13O3Si/c13-8-2-5-1-7(9(8)12-5)11-4-6-3-10-6/h5-9H,1-4H2. The summed E-state index contributed by atoms with van der Waals surface area (Å²) in [6.07, 6.45) is 3.58. The fourth-order valence-corrected chi connectivity index (χ4v) is 2.80. The highest BCUT2D eigenvalue weighted by atomic mass is 28.1. The molecule has 4 heteroatoms. The molecule has 71 valence electrons. The molecule has 0 N–H and O–H groups in total. The van der Waals surface area contributed by atoms with E-state index in [1.165, 1.54) is 0 Å². The molecule has 0 aromatic heterocycles. The fourth-order valence-electron chi connectivity index (χ4n) is 2.24. The van der Waals surface area contributed by atoms with E-state index >= 15 is 0 Å². The number of hydrogen-bond donors (Lipinski definition) is 0. The van der Waals surface area contributed by atoms with Crippen LogP contribution in [0.3, 0.4) is 0 Å². The van der Waals surface area contributed by atoms with Gasteiger partial charge in [-0.15, -0.1) is 0 Å². The first-order valence-electron chi connectivity index (χ1n) is 4.92. The van der Waals surface area contributed by atoms with E-state index in [-0.39, 0.29) is 6.10 Å². The van der Waals surface area contributed by atoms with Gasteiger partial charge in [0, 0.05) is 16.7 Å². The van der Waals surface area contributed by atoms with Gasteiger partial charge in [-0.05, 0) is 12.0 Å². The SMILES string of the molecule is [Si]C1CC2CC(OCC3CO3)C1O2. The number of ether oxygens (including phenoxy) is 3. The van der Waals surface area contributed by atoms with Crippen LogP contribution in [0.25, 0.3) is 0 Å². The third kappa shape index (κ3) is 1.56. The van der Waals surface area contributed by atoms with Crippen molar-refractivity contribution in [2.45, 2.75) is 42.8 Å². The third-order valence-corrected chi connectivity index (χ3v) is 3.59. The van der Waals surface area contributed by atoms with E-state index < -0.39 is 0 Å². The molecule has 3 heterocycles. The lowest BCUT2D eigenvalue weighted by Crippen LogP contribution is -2.31. The lowest BCUT2D eigenvalue weighted by Gasteiger charge is -2.23. The number of epoxide rings is 1. The Bertz CT molecular complexity index is 207. The summed E-state index contributed by atoms with van der Waals surface area (Å²) in [6.45, 7) is 1.62. The minimum atomic E-state index is 0.278. The molecule has 3 aliphatic heterocycles. The monoisotopic (exact) mass is 197 g/mol. The first kappa shape index (κ1) is 8.41. The zero-order valence-electron chi connectivity index (χ0n) is 7.44. The van der Waals surface area contributed by atoms with Crippen molar-refractivity contribution in [3.63, 3.8) is 0 Å². The predicted octanol–water partition coefficient (Wildman–Crippen LogP) is 0.289. The van der Waals surface area contributed by atoms with Crippen LogP contribution in [0.1, 0.15) is 12.8 Å². The summed E-state index contributed by atoms with van der Waals surface area (Å²) in [7, 11) is 3.67. The van der Waals surface area contributed by atoms with Gasteiger partial charge in [0.2, 0.25) is 0 Å². The number of rotatable bonds is 3. The van der Waals surface area contributed by atoms with Crippen LogP contribution in [0, 0.1) is 0 Å². The summed E-state index contributed by atoms with van der Waals surface area (Å²) in [4.78, 5) is 0. The van der Waals surface area contributed by atoms with Crippen molar-refractivity contribution in [3.05, 3.63) is 0 Å². The maximum atomic E-state index is 5.75. The highest BCUT2D eigenvalue weighted by Crippen LogP contribution is 2.42. The van der Waals surface area contributed by atoms with Crippen LogP contribution in [0.5, 0.6) is 0 Å². The second-order valence-electron chi connectivity index (χ2n) is 4.13. The summed E-state index contributed by atoms with van der Waals surface area (Å²) in [5.74, 6) is 0. The highest BCUT2D eigenvalue weighted by molar-refractivity contribution is 6.12. The van der Waals surface area contributed by atoms with Crippen LogP contribution in [0.4, 0.5) is 0 Å². The molecule has 0 aromatic rings. The van der Waals surface area contributed by atoms with Gasteiger partial charge in [0.15, 0.2) is 0 Å². The molecule has 0 saturated carbocycles. The first-order chi connectivity index (χ1) is 6.33. The third-order valence-electron chi connectivity index (χ3n) is 3.02. The summed E-state index contributed by atoms with van der Waals surface area (Å²) in [5.41, 5.74) is 0.490. The van der Waals surface area contributed by atoms with E-state index in [1.807, 2.05) is 0 Å². The van der Waals surface area contributed by atoms with Crippen LogP contribution in [0.15, 0.2) is 0 Å². The molecule has 3 saturated heterocycles. The van der Waals surface area contributed by atoms with E-state index in [2.05, 4.69) is 10.2 Å². The van der Waals surface area contributed by atoms with E-state index in [9.17, 15) is 0 Å². The van der Waals surface area contributed by atoms with Crippen LogP contribution in [-0.2, 0) is 14.2 Å². The van der Waals surface area contributed by atoms with Crippen molar-refractivity contribution in [3.8, 4) is 0 Å². The minimum absolute atomic E-state index is 0.278. The van der Waals surface area contributed by atoms with Crippen molar-refractivity contribution < 1.29 is 14.2 Å². The minimum Gasteiger partial charge on any atom is -0.373 e. The fraction of sp³-hybridized carbons (Fsp3) is 1.00. The normalized spacial score (nSPS) is 52.8. The quantitative estimate of drug-likeness (QED) is 0.481. The molecule has 0 amide bonds. The summed E-state index contributed by atoms with van der Waals surface area (Å²) in [5, 5.41) is 0. The molecule has 2 bridgehead atoms. The maximum Gasteiger partial charge on any atom is 0.104 e. The van der Waals surface area contributed by atoms with Crippen molar-refractivity contribution in [2.75, 3.05) is 13.2 Å². The second-order valence-corrected chi connectivity index (χ2v) is 4.87. The van der Waals surface area contributed by atoms with Gasteiger partial charge in [-0.2, -0.15) is 0 Å². The van der Waals surface area contributed by atoms with Gasteiger partial charge in [0.1, 0.15) is 6.10 Å². The molecule has 13 heavy (non-hydrogen) atoms. The molecule has 0 aromatic carbocycles. The maximum absolute atomic E-state index is 5.75. The lowest BCUT2D eigenvalue weighted by atomic mass is 9.97. The second kappa shape index (κ2) is 3.05. The van der Waals surface area contributed by atoms with E-state index in [4.69, 9.17) is 14.2 Å². The van der Waals surface area contributed by atoms with Crippen molar-refractivity contribution in [1.82, 2.24) is 0 Å². The van der Waals surface area contributed by atoms with Gasteiger partial charge in [-0.3, -0.25) is 0 Å². The molecule has 5 atom stereocenters. The van der Waals surface area contributed by atoms with E-state index in [1.54, 1.807) is 0 Å². The Kier molecular flexibility index (Phi) is 1.97. The molecule has 0 spiro atoms. The zero-order chi connectivity index (χ0) is 8.84. The molecule has 3 radical (unpaired) electrons. The predicted molar refractivity (Wildman–Crippen MR) is 46.9 cm³/mol. The van der Waals surface area contributed by atoms with Crippen LogP contribution in [-0.4, -0.2) is 47.9 Å². The van der Waals surface area contributed by atoms with Crippen LogP contribution in [0.2, 0.25) is 5.54 Å². The Morgan fingerprint density at radius 1 is 1.38 bits per heavy atom. The molecule has 3 rings (SSSR count). The highest BCUT2D eigenvalue weighted by Gasteiger charge is 2.46. The summed E-state index contributed by atoms with van der Waals surface area (Å²) >= 11 is 0. The van der Waals surface area contributed by atoms with E-state index in [0.29, 0.717) is 23.9 Å². The van der Waals surface area contributed by atoms with Crippen LogP contribution >= 0.6 is 0 Å². The first-order valence-corrected chi connectivity index (χ1v) is 5.50. The van der Waals surface area contributed by atoms with Gasteiger partial charge in [-0.25, -0.2) is 0 Å². The number of hydrogen-bond acceptors (Lipinski definition) is 3. The average molecular weight is 197 g/mol. The Hall–Kier alpha value is 0.0969. The van der Waals surface area contributed by atoms with Crippen molar-refractivity contribution in [1.29, 1.82) is 0 Å². The molecular weight excluding hydrogens is 184 g/mol. The van der Waals surface area contributed by atoms with Gasteiger partial charge in [0.25, 0.3) is 0 Å². The summed E-state index contributed by atoms with van der Waals surface area (Å²) in [6, 6.07) is 0. The molecule has 3 fully saturated rings. The Balaban J connectivity index is 1.53. The van der Waals surface area contributed by atoms with Gasteiger partial charge < -0.3 is 14.2 Å². The Morgan fingerprint density at radius 3 is 2.85 bits per heavy atom. The largest absolute Gasteiger partial charge is 0.373 e. The van der Waals surface area contributed by atoms with Gasteiger partial charge in [0.05, 0.1) is 31.5 Å². The zero-order valence-corrected chi connectivity index (χ0v) is 8.44. The number of fused-ring (bicyclic) bond motifs is 2. The van der Waals surface area contributed by atoms with Gasteiger partial charge >= 0.3 is 0 Å². The summed E-state index contributed by atoms with van der Waals surface area (Å²) < 4.78 is 16.6. The van der Waals surface area contributed by atoms with Crippen molar-refractivity contribution >= 4 is 10.2 Å². The Labute approximate surface area is 81.2 Å². The molecular formula is C9H13O3Si. The molecule has 3 aliphatic rings. The molecule has 3 nitrogen and oxygen atoms in total. The molecule has 0 aliphatic carbocycles. The van der Waals surface area contributed by atoms with Gasteiger partial charge in [-0.1, -0.05) is 0 Å². The topological polar surface area (TPSA) is 31.0 Å². The lowest BCUT2D eigenvalue weighted by molar-refractivity contribution is -0.00601. The Morgan fingerprint density at radius 2 is 2.23 bits per heavy atom. The van der Waals surface area contributed by atoms with E-state index in [0.717, 1.165) is 26.1 Å². The average Bonchev–Trinajstić information content (AvgIpc) is 2.76. The van der Waals surface area contributed by atoms with Crippen LogP contribution < -0.4 is 0 Å². The smallest absolute Gasteiger partial charge is 0.104 e. The molecule has 5 unspecified atom stereocenters.